The molecule has 3 aromatic rings. The van der Waals surface area contributed by atoms with Gasteiger partial charge >= 0.3 is 5.97 Å². The molecule has 0 aliphatic rings. The average Bonchev–Trinajstić information content (AvgIpc) is 2.86. The number of fused-ring (bicyclic) bond motifs is 1. The molecule has 0 spiro atoms. The minimum absolute atomic E-state index is 0.352. The van der Waals surface area contributed by atoms with E-state index in [2.05, 4.69) is 5.10 Å². The number of halogens is 2. The second kappa shape index (κ2) is 7.04. The molecular formula is C18H16Cl2N2O3. The van der Waals surface area contributed by atoms with E-state index in [1.54, 1.807) is 35.0 Å². The number of carbonyl (C=O) groups is 1. The molecule has 130 valence electrons. The molecule has 25 heavy (non-hydrogen) atoms. The van der Waals surface area contributed by atoms with Gasteiger partial charge in [0, 0.05) is 21.0 Å². The first-order valence-electron chi connectivity index (χ1n) is 7.66. The van der Waals surface area contributed by atoms with E-state index in [-0.39, 0.29) is 6.42 Å². The zero-order chi connectivity index (χ0) is 18.1. The highest BCUT2D eigenvalue weighted by molar-refractivity contribution is 6.36. The summed E-state index contributed by atoms with van der Waals surface area (Å²) in [6.07, 6.45) is -1.43. The number of aliphatic hydroxyl groups is 1. The van der Waals surface area contributed by atoms with E-state index in [0.29, 0.717) is 22.2 Å². The van der Waals surface area contributed by atoms with Crippen LogP contribution >= 0.6 is 23.2 Å². The Morgan fingerprint density at radius 2 is 1.92 bits per heavy atom. The number of aliphatic carboxylic acids is 1. The predicted molar refractivity (Wildman–Crippen MR) is 97.2 cm³/mol. The van der Waals surface area contributed by atoms with Crippen molar-refractivity contribution in [2.24, 2.45) is 0 Å². The molecule has 0 saturated carbocycles. The van der Waals surface area contributed by atoms with E-state index in [1.807, 2.05) is 13.0 Å². The normalized spacial score (nSPS) is 12.5. The molecule has 2 aromatic carbocycles. The molecule has 0 saturated heterocycles. The smallest absolute Gasteiger partial charge is 0.306 e. The number of hydrogen-bond acceptors (Lipinski definition) is 3. The SMILES string of the molecule is Cc1nn(Cc2c(Cl)cccc2Cl)c2cc(C(O)CC(=O)O)ccc12. The van der Waals surface area contributed by atoms with Crippen LogP contribution in [0.3, 0.4) is 0 Å². The Morgan fingerprint density at radius 3 is 2.56 bits per heavy atom. The Balaban J connectivity index is 2.05. The van der Waals surface area contributed by atoms with Crippen LogP contribution in [0.1, 0.15) is 29.3 Å². The van der Waals surface area contributed by atoms with Gasteiger partial charge in [0.25, 0.3) is 0 Å². The number of carboxylic acid groups (broad SMARTS) is 1. The first-order chi connectivity index (χ1) is 11.9. The summed E-state index contributed by atoms with van der Waals surface area (Å²) in [5.41, 5.74) is 2.90. The largest absolute Gasteiger partial charge is 0.481 e. The topological polar surface area (TPSA) is 75.3 Å². The number of rotatable bonds is 5. The summed E-state index contributed by atoms with van der Waals surface area (Å²) < 4.78 is 1.76. The van der Waals surface area contributed by atoms with Crippen molar-refractivity contribution in [1.82, 2.24) is 9.78 Å². The van der Waals surface area contributed by atoms with Crippen LogP contribution in [-0.2, 0) is 11.3 Å². The van der Waals surface area contributed by atoms with E-state index in [1.165, 1.54) is 0 Å². The number of aromatic nitrogens is 2. The molecular weight excluding hydrogens is 363 g/mol. The summed E-state index contributed by atoms with van der Waals surface area (Å²) in [6.45, 7) is 2.27. The Bertz CT molecular complexity index is 933. The van der Waals surface area contributed by atoms with Crippen LogP contribution in [0.15, 0.2) is 36.4 Å². The van der Waals surface area contributed by atoms with Crippen molar-refractivity contribution in [3.63, 3.8) is 0 Å². The molecule has 1 aromatic heterocycles. The summed E-state index contributed by atoms with van der Waals surface area (Å²) in [6, 6.07) is 10.6. The van der Waals surface area contributed by atoms with E-state index in [4.69, 9.17) is 28.3 Å². The Hall–Kier alpha value is -2.08. The number of hydrogen-bond donors (Lipinski definition) is 2. The maximum absolute atomic E-state index is 10.8. The fraction of sp³-hybridized carbons (Fsp3) is 0.222. The zero-order valence-corrected chi connectivity index (χ0v) is 14.9. The van der Waals surface area contributed by atoms with Gasteiger partial charge in [0.2, 0.25) is 0 Å². The number of nitrogens with zero attached hydrogens (tertiary/aromatic N) is 2. The number of aliphatic hydroxyl groups excluding tert-OH is 1. The molecule has 0 fully saturated rings. The van der Waals surface area contributed by atoms with Crippen LogP contribution in [-0.4, -0.2) is 26.0 Å². The van der Waals surface area contributed by atoms with E-state index in [9.17, 15) is 9.90 Å². The van der Waals surface area contributed by atoms with Crippen LogP contribution in [0.5, 0.6) is 0 Å². The van der Waals surface area contributed by atoms with Gasteiger partial charge in [-0.2, -0.15) is 5.10 Å². The van der Waals surface area contributed by atoms with Crippen LogP contribution in [0.2, 0.25) is 10.0 Å². The summed E-state index contributed by atoms with van der Waals surface area (Å²) in [7, 11) is 0. The van der Waals surface area contributed by atoms with Gasteiger partial charge in [0.1, 0.15) is 0 Å². The zero-order valence-electron chi connectivity index (χ0n) is 13.4. The van der Waals surface area contributed by atoms with Gasteiger partial charge in [-0.3, -0.25) is 9.48 Å². The predicted octanol–water partition coefficient (Wildman–Crippen LogP) is 4.21. The van der Waals surface area contributed by atoms with Gasteiger partial charge in [-0.25, -0.2) is 0 Å². The minimum atomic E-state index is -1.07. The third-order valence-electron chi connectivity index (χ3n) is 4.08. The lowest BCUT2D eigenvalue weighted by Gasteiger charge is -2.11. The lowest BCUT2D eigenvalue weighted by molar-refractivity contribution is -0.139. The van der Waals surface area contributed by atoms with Crippen molar-refractivity contribution >= 4 is 40.1 Å². The van der Waals surface area contributed by atoms with Gasteiger partial charge in [-0.1, -0.05) is 41.4 Å². The fourth-order valence-corrected chi connectivity index (χ4v) is 3.32. The van der Waals surface area contributed by atoms with E-state index in [0.717, 1.165) is 22.2 Å². The van der Waals surface area contributed by atoms with Crippen molar-refractivity contribution < 1.29 is 15.0 Å². The van der Waals surface area contributed by atoms with Crippen molar-refractivity contribution in [1.29, 1.82) is 0 Å². The molecule has 0 amide bonds. The molecule has 0 aliphatic carbocycles. The Morgan fingerprint density at radius 1 is 1.24 bits per heavy atom. The summed E-state index contributed by atoms with van der Waals surface area (Å²) in [4.78, 5) is 10.8. The summed E-state index contributed by atoms with van der Waals surface area (Å²) in [5, 5.41) is 25.5. The van der Waals surface area contributed by atoms with Gasteiger partial charge in [0.15, 0.2) is 0 Å². The number of benzene rings is 2. The lowest BCUT2D eigenvalue weighted by Crippen LogP contribution is -2.06. The van der Waals surface area contributed by atoms with Crippen molar-refractivity contribution in [3.05, 3.63) is 63.3 Å². The third-order valence-corrected chi connectivity index (χ3v) is 4.79. The first-order valence-corrected chi connectivity index (χ1v) is 8.42. The van der Waals surface area contributed by atoms with Gasteiger partial charge in [-0.05, 0) is 30.7 Å². The molecule has 0 radical (unpaired) electrons. The fourth-order valence-electron chi connectivity index (χ4n) is 2.80. The molecule has 1 heterocycles. The maximum Gasteiger partial charge on any atom is 0.306 e. The standard InChI is InChI=1S/C18H16Cl2N2O3/c1-10-12-6-5-11(17(23)8-18(24)25)7-16(12)22(21-10)9-13-14(19)3-2-4-15(13)20/h2-7,17,23H,8-9H2,1H3,(H,24,25). The van der Waals surface area contributed by atoms with Crippen LogP contribution in [0.25, 0.3) is 10.9 Å². The van der Waals surface area contributed by atoms with E-state index < -0.39 is 12.1 Å². The molecule has 5 nitrogen and oxygen atoms in total. The molecule has 1 unspecified atom stereocenters. The molecule has 7 heteroatoms. The average molecular weight is 379 g/mol. The monoisotopic (exact) mass is 378 g/mol. The molecule has 3 rings (SSSR count). The third kappa shape index (κ3) is 3.63. The molecule has 1 atom stereocenters. The quantitative estimate of drug-likeness (QED) is 0.697. The summed E-state index contributed by atoms with van der Waals surface area (Å²) in [5.74, 6) is -1.06. The molecule has 0 aliphatic heterocycles. The van der Waals surface area contributed by atoms with Crippen LogP contribution in [0, 0.1) is 6.92 Å². The maximum atomic E-state index is 10.8. The van der Waals surface area contributed by atoms with E-state index >= 15 is 0 Å². The second-order valence-corrected chi connectivity index (χ2v) is 6.65. The molecule has 2 N–H and O–H groups in total. The lowest BCUT2D eigenvalue weighted by atomic mass is 10.0. The Kier molecular flexibility index (Phi) is 4.99. The highest BCUT2D eigenvalue weighted by Crippen LogP contribution is 2.29. The van der Waals surface area contributed by atoms with Gasteiger partial charge in [0.05, 0.1) is 30.3 Å². The van der Waals surface area contributed by atoms with Crippen molar-refractivity contribution in [2.45, 2.75) is 26.0 Å². The Labute approximate surface area is 154 Å². The van der Waals surface area contributed by atoms with Crippen LogP contribution in [0.4, 0.5) is 0 Å². The second-order valence-electron chi connectivity index (χ2n) is 5.83. The van der Waals surface area contributed by atoms with Crippen molar-refractivity contribution in [3.8, 4) is 0 Å². The molecule has 0 bridgehead atoms. The number of aryl methyl sites for hydroxylation is 1. The van der Waals surface area contributed by atoms with Gasteiger partial charge in [-0.15, -0.1) is 0 Å². The number of carboxylic acids is 1. The highest BCUT2D eigenvalue weighted by Gasteiger charge is 2.16. The van der Waals surface area contributed by atoms with Crippen molar-refractivity contribution in [2.75, 3.05) is 0 Å². The highest BCUT2D eigenvalue weighted by atomic mass is 35.5. The van der Waals surface area contributed by atoms with Gasteiger partial charge < -0.3 is 10.2 Å². The van der Waals surface area contributed by atoms with Crippen LogP contribution < -0.4 is 0 Å². The first kappa shape index (κ1) is 17.7. The minimum Gasteiger partial charge on any atom is -0.481 e. The summed E-state index contributed by atoms with van der Waals surface area (Å²) >= 11 is 12.5.